The highest BCUT2D eigenvalue weighted by Crippen LogP contribution is 2.37. The van der Waals surface area contributed by atoms with Crippen LogP contribution < -0.4 is 10.2 Å². The summed E-state index contributed by atoms with van der Waals surface area (Å²) in [7, 11) is 0. The predicted molar refractivity (Wildman–Crippen MR) is 91.7 cm³/mol. The highest BCUT2D eigenvalue weighted by atomic mass is 79.9. The van der Waals surface area contributed by atoms with Crippen LogP contribution in [0.15, 0.2) is 22.7 Å². The molecule has 1 aromatic rings. The summed E-state index contributed by atoms with van der Waals surface area (Å²) in [4.78, 5) is 2.69. The van der Waals surface area contributed by atoms with Crippen molar-refractivity contribution in [3.63, 3.8) is 0 Å². The van der Waals surface area contributed by atoms with Gasteiger partial charge in [-0.05, 0) is 74.1 Å². The minimum atomic E-state index is 0.775. The van der Waals surface area contributed by atoms with Crippen LogP contribution in [0.1, 0.15) is 44.1 Å². The van der Waals surface area contributed by atoms with E-state index in [1.165, 1.54) is 67.3 Å². The second kappa shape index (κ2) is 5.92. The molecule has 3 aliphatic carbocycles. The molecular weight excluding hydrogens is 324 g/mol. The highest BCUT2D eigenvalue weighted by Gasteiger charge is 2.30. The average Bonchev–Trinajstić information content (AvgIpc) is 3.33. The van der Waals surface area contributed by atoms with Gasteiger partial charge in [-0.25, -0.2) is 0 Å². The smallest absolute Gasteiger partial charge is 0.0412 e. The summed E-state index contributed by atoms with van der Waals surface area (Å²) in [5.74, 6) is 1.91. The van der Waals surface area contributed by atoms with Gasteiger partial charge in [0.2, 0.25) is 0 Å². The Morgan fingerprint density at radius 3 is 2.24 bits per heavy atom. The summed E-state index contributed by atoms with van der Waals surface area (Å²) < 4.78 is 1.21. The number of rotatable bonds is 8. The Hall–Kier alpha value is -0.540. The maximum absolute atomic E-state index is 3.69. The van der Waals surface area contributed by atoms with Gasteiger partial charge in [-0.15, -0.1) is 0 Å². The van der Waals surface area contributed by atoms with Crippen LogP contribution >= 0.6 is 15.9 Å². The summed E-state index contributed by atoms with van der Waals surface area (Å²) >= 11 is 3.65. The first-order valence-electron chi connectivity index (χ1n) is 8.54. The van der Waals surface area contributed by atoms with Gasteiger partial charge in [-0.2, -0.15) is 0 Å². The maximum atomic E-state index is 3.69. The van der Waals surface area contributed by atoms with Gasteiger partial charge in [0.15, 0.2) is 0 Å². The second-order valence-electron chi connectivity index (χ2n) is 7.22. The van der Waals surface area contributed by atoms with Crippen molar-refractivity contribution in [2.45, 2.75) is 51.1 Å². The van der Waals surface area contributed by atoms with Crippen LogP contribution in [0, 0.1) is 11.8 Å². The number of hydrogen-bond acceptors (Lipinski definition) is 2. The number of hydrogen-bond donors (Lipinski definition) is 1. The van der Waals surface area contributed by atoms with Crippen molar-refractivity contribution in [3.05, 3.63) is 28.2 Å². The third-order valence-electron chi connectivity index (χ3n) is 4.89. The summed E-state index contributed by atoms with van der Waals surface area (Å²) in [6.07, 6.45) is 8.47. The molecule has 0 heterocycles. The van der Waals surface area contributed by atoms with Gasteiger partial charge in [0, 0.05) is 35.8 Å². The lowest BCUT2D eigenvalue weighted by molar-refractivity contribution is 0.658. The number of anilines is 1. The van der Waals surface area contributed by atoms with Gasteiger partial charge in [0.25, 0.3) is 0 Å². The average molecular weight is 349 g/mol. The molecule has 0 saturated heterocycles. The van der Waals surface area contributed by atoms with E-state index >= 15 is 0 Å². The molecule has 1 aromatic carbocycles. The van der Waals surface area contributed by atoms with E-state index < -0.39 is 0 Å². The molecule has 21 heavy (non-hydrogen) atoms. The summed E-state index contributed by atoms with van der Waals surface area (Å²) in [5.41, 5.74) is 2.95. The van der Waals surface area contributed by atoms with Crippen molar-refractivity contribution in [3.8, 4) is 0 Å². The molecule has 0 aliphatic heterocycles. The van der Waals surface area contributed by atoms with Crippen LogP contribution in [-0.4, -0.2) is 19.1 Å². The standard InChI is InChI=1S/C18H25BrN2/c19-16-5-8-18(15(9-16)10-20-17-6-7-17)21(11-13-1-2-13)12-14-3-4-14/h5,8-9,13-14,17,20H,1-4,6-7,10-12H2. The number of halogens is 1. The fraction of sp³-hybridized carbons (Fsp3) is 0.667. The Labute approximate surface area is 136 Å². The Bertz CT molecular complexity index is 490. The van der Waals surface area contributed by atoms with E-state index in [0.29, 0.717) is 0 Å². The molecule has 4 rings (SSSR count). The summed E-state index contributed by atoms with van der Waals surface area (Å²) in [6.45, 7) is 3.56. The molecule has 3 saturated carbocycles. The number of nitrogens with zero attached hydrogens (tertiary/aromatic N) is 1. The lowest BCUT2D eigenvalue weighted by Crippen LogP contribution is -2.30. The van der Waals surface area contributed by atoms with E-state index in [9.17, 15) is 0 Å². The molecule has 1 N–H and O–H groups in total. The van der Waals surface area contributed by atoms with Gasteiger partial charge < -0.3 is 10.2 Å². The van der Waals surface area contributed by atoms with Gasteiger partial charge in [-0.3, -0.25) is 0 Å². The van der Waals surface area contributed by atoms with E-state index in [-0.39, 0.29) is 0 Å². The van der Waals surface area contributed by atoms with Gasteiger partial charge in [-0.1, -0.05) is 15.9 Å². The maximum Gasteiger partial charge on any atom is 0.0412 e. The quantitative estimate of drug-likeness (QED) is 0.752. The number of nitrogens with one attached hydrogen (secondary N) is 1. The van der Waals surface area contributed by atoms with Crippen LogP contribution in [-0.2, 0) is 6.54 Å². The molecule has 3 aliphatic rings. The van der Waals surface area contributed by atoms with Crippen molar-refractivity contribution < 1.29 is 0 Å². The largest absolute Gasteiger partial charge is 0.371 e. The molecule has 0 amide bonds. The molecule has 0 spiro atoms. The van der Waals surface area contributed by atoms with E-state index in [4.69, 9.17) is 0 Å². The Balaban J connectivity index is 1.53. The monoisotopic (exact) mass is 348 g/mol. The zero-order valence-corrected chi connectivity index (χ0v) is 14.2. The van der Waals surface area contributed by atoms with Crippen molar-refractivity contribution in [1.82, 2.24) is 5.32 Å². The van der Waals surface area contributed by atoms with Crippen LogP contribution in [0.25, 0.3) is 0 Å². The molecular formula is C18H25BrN2. The SMILES string of the molecule is Brc1ccc(N(CC2CC2)CC2CC2)c(CNC2CC2)c1. The molecule has 2 nitrogen and oxygen atoms in total. The third kappa shape index (κ3) is 4.01. The van der Waals surface area contributed by atoms with E-state index in [1.807, 2.05) is 0 Å². The molecule has 0 aromatic heterocycles. The van der Waals surface area contributed by atoms with Crippen molar-refractivity contribution in [2.24, 2.45) is 11.8 Å². The lowest BCUT2D eigenvalue weighted by atomic mass is 10.1. The lowest BCUT2D eigenvalue weighted by Gasteiger charge is -2.28. The summed E-state index contributed by atoms with van der Waals surface area (Å²) in [5, 5.41) is 3.69. The first-order valence-corrected chi connectivity index (χ1v) is 9.34. The van der Waals surface area contributed by atoms with Crippen molar-refractivity contribution in [1.29, 1.82) is 0 Å². The van der Waals surface area contributed by atoms with E-state index in [1.54, 1.807) is 0 Å². The van der Waals surface area contributed by atoms with Crippen LogP contribution in [0.4, 0.5) is 5.69 Å². The van der Waals surface area contributed by atoms with Gasteiger partial charge in [0.1, 0.15) is 0 Å². The molecule has 3 fully saturated rings. The van der Waals surface area contributed by atoms with Crippen LogP contribution in [0.5, 0.6) is 0 Å². The zero-order valence-electron chi connectivity index (χ0n) is 12.7. The molecule has 0 radical (unpaired) electrons. The number of benzene rings is 1. The third-order valence-corrected chi connectivity index (χ3v) is 5.39. The fourth-order valence-corrected chi connectivity index (χ4v) is 3.45. The summed E-state index contributed by atoms with van der Waals surface area (Å²) in [6, 6.07) is 7.64. The zero-order chi connectivity index (χ0) is 14.2. The minimum absolute atomic E-state index is 0.775. The Kier molecular flexibility index (Phi) is 3.97. The molecule has 3 heteroatoms. The van der Waals surface area contributed by atoms with Crippen molar-refractivity contribution >= 4 is 21.6 Å². The molecule has 0 bridgehead atoms. The molecule has 0 atom stereocenters. The van der Waals surface area contributed by atoms with Gasteiger partial charge in [0.05, 0.1) is 0 Å². The van der Waals surface area contributed by atoms with Crippen LogP contribution in [0.3, 0.4) is 0 Å². The topological polar surface area (TPSA) is 15.3 Å². The minimum Gasteiger partial charge on any atom is -0.371 e. The van der Waals surface area contributed by atoms with Crippen LogP contribution in [0.2, 0.25) is 0 Å². The molecule has 114 valence electrons. The van der Waals surface area contributed by atoms with E-state index in [0.717, 1.165) is 24.4 Å². The van der Waals surface area contributed by atoms with Crippen molar-refractivity contribution in [2.75, 3.05) is 18.0 Å². The predicted octanol–water partition coefficient (Wildman–Crippen LogP) is 4.33. The highest BCUT2D eigenvalue weighted by molar-refractivity contribution is 9.10. The molecule has 0 unspecified atom stereocenters. The Morgan fingerprint density at radius 2 is 1.67 bits per heavy atom. The first kappa shape index (κ1) is 14.1. The Morgan fingerprint density at radius 1 is 1.00 bits per heavy atom. The fourth-order valence-electron chi connectivity index (χ4n) is 3.04. The van der Waals surface area contributed by atoms with E-state index in [2.05, 4.69) is 44.3 Å². The second-order valence-corrected chi connectivity index (χ2v) is 8.14. The normalized spacial score (nSPS) is 21.6. The van der Waals surface area contributed by atoms with Gasteiger partial charge >= 0.3 is 0 Å². The first-order chi connectivity index (χ1) is 10.3.